The zero-order chi connectivity index (χ0) is 23.6. The average molecular weight is 446 g/mol. The highest BCUT2D eigenvalue weighted by molar-refractivity contribution is 5.95. The third-order valence-electron chi connectivity index (χ3n) is 5.73. The third-order valence-corrected chi connectivity index (χ3v) is 5.73. The molecule has 6 nitrogen and oxygen atoms in total. The summed E-state index contributed by atoms with van der Waals surface area (Å²) in [5, 5.41) is 14.0. The van der Waals surface area contributed by atoms with E-state index in [4.69, 9.17) is 6.42 Å². The van der Waals surface area contributed by atoms with Crippen LogP contribution in [0.5, 0.6) is 0 Å². The maximum absolute atomic E-state index is 13.0. The quantitative estimate of drug-likeness (QED) is 0.315. The van der Waals surface area contributed by atoms with E-state index < -0.39 is 5.97 Å². The van der Waals surface area contributed by atoms with Gasteiger partial charge in [0.15, 0.2) is 0 Å². The Morgan fingerprint density at radius 1 is 1.06 bits per heavy atom. The van der Waals surface area contributed by atoms with Gasteiger partial charge in [-0.15, -0.1) is 12.3 Å². The van der Waals surface area contributed by atoms with Gasteiger partial charge in [0.2, 0.25) is 0 Å². The fourth-order valence-corrected chi connectivity index (χ4v) is 3.92. The topological polar surface area (TPSA) is 77.1 Å². The summed E-state index contributed by atoms with van der Waals surface area (Å²) in [5.74, 6) is 2.37. The second kappa shape index (κ2) is 11.9. The standard InChI is InChI=1S/C27H31N3O3/c1-3-5-7-8-11-19-30-27(33)29(25(28-30)14-6-4-2)20-21-15-17-22(18-16-21)23-12-9-10-13-24(23)26(31)32/h2,9-10,12-13,15-18H,3,5-8,11,14,19-20H2,1H3,(H,31,32). The number of aromatic carboxylic acids is 1. The van der Waals surface area contributed by atoms with E-state index in [-0.39, 0.29) is 11.3 Å². The molecule has 0 amide bonds. The number of rotatable bonds is 12. The number of unbranched alkanes of at least 4 members (excludes halogenated alkanes) is 4. The Bertz CT molecular complexity index is 1170. The van der Waals surface area contributed by atoms with E-state index in [9.17, 15) is 14.7 Å². The molecule has 3 aromatic rings. The smallest absolute Gasteiger partial charge is 0.346 e. The molecule has 0 aliphatic carbocycles. The van der Waals surface area contributed by atoms with Crippen LogP contribution in [0.3, 0.4) is 0 Å². The summed E-state index contributed by atoms with van der Waals surface area (Å²) in [7, 11) is 0. The highest BCUT2D eigenvalue weighted by Crippen LogP contribution is 2.24. The van der Waals surface area contributed by atoms with Crippen LogP contribution in [0.2, 0.25) is 0 Å². The molecule has 0 aliphatic heterocycles. The van der Waals surface area contributed by atoms with Crippen molar-refractivity contribution in [2.75, 3.05) is 0 Å². The summed E-state index contributed by atoms with van der Waals surface area (Å²) in [6.07, 6.45) is 12.1. The second-order valence-corrected chi connectivity index (χ2v) is 8.17. The van der Waals surface area contributed by atoms with Crippen LogP contribution >= 0.6 is 0 Å². The predicted molar refractivity (Wildman–Crippen MR) is 130 cm³/mol. The Hall–Kier alpha value is -3.59. The average Bonchev–Trinajstić information content (AvgIpc) is 3.12. The molecule has 1 heterocycles. The molecule has 33 heavy (non-hydrogen) atoms. The Morgan fingerprint density at radius 3 is 2.48 bits per heavy atom. The molecule has 172 valence electrons. The number of terminal acetylenes is 1. The molecule has 6 heteroatoms. The number of nitrogens with zero attached hydrogens (tertiary/aromatic N) is 3. The van der Waals surface area contributed by atoms with E-state index in [1.807, 2.05) is 30.3 Å². The van der Waals surface area contributed by atoms with E-state index in [1.165, 1.54) is 19.3 Å². The molecule has 1 aromatic heterocycles. The maximum atomic E-state index is 13.0. The third kappa shape index (κ3) is 6.23. The zero-order valence-electron chi connectivity index (χ0n) is 19.2. The Kier molecular flexibility index (Phi) is 8.65. The van der Waals surface area contributed by atoms with Gasteiger partial charge in [0.1, 0.15) is 5.82 Å². The number of carboxylic acids is 1. The molecule has 1 N–H and O–H groups in total. The molecule has 0 radical (unpaired) electrons. The number of hydrogen-bond acceptors (Lipinski definition) is 3. The fraction of sp³-hybridized carbons (Fsp3) is 0.370. The lowest BCUT2D eigenvalue weighted by Crippen LogP contribution is -2.26. The summed E-state index contributed by atoms with van der Waals surface area (Å²) in [4.78, 5) is 24.6. The number of carboxylic acid groups (broad SMARTS) is 1. The highest BCUT2D eigenvalue weighted by atomic mass is 16.4. The van der Waals surface area contributed by atoms with Crippen LogP contribution in [0, 0.1) is 12.3 Å². The number of aryl methyl sites for hydroxylation is 2. The number of hydrogen-bond donors (Lipinski definition) is 1. The van der Waals surface area contributed by atoms with Gasteiger partial charge in [-0.3, -0.25) is 4.57 Å². The molecule has 0 fully saturated rings. The molecule has 0 saturated carbocycles. The van der Waals surface area contributed by atoms with Gasteiger partial charge in [0.25, 0.3) is 0 Å². The largest absolute Gasteiger partial charge is 0.478 e. The van der Waals surface area contributed by atoms with Crippen molar-refractivity contribution in [3.63, 3.8) is 0 Å². The van der Waals surface area contributed by atoms with Gasteiger partial charge in [0, 0.05) is 19.4 Å². The van der Waals surface area contributed by atoms with Gasteiger partial charge < -0.3 is 5.11 Å². The van der Waals surface area contributed by atoms with Crippen molar-refractivity contribution in [1.29, 1.82) is 0 Å². The van der Waals surface area contributed by atoms with Gasteiger partial charge in [-0.2, -0.15) is 5.10 Å². The summed E-state index contributed by atoms with van der Waals surface area (Å²) in [6, 6.07) is 14.6. The van der Waals surface area contributed by atoms with Gasteiger partial charge >= 0.3 is 11.7 Å². The minimum Gasteiger partial charge on any atom is -0.478 e. The summed E-state index contributed by atoms with van der Waals surface area (Å²) in [6.45, 7) is 3.19. The van der Waals surface area contributed by atoms with E-state index >= 15 is 0 Å². The first kappa shape index (κ1) is 24.1. The van der Waals surface area contributed by atoms with Gasteiger partial charge in [-0.05, 0) is 29.2 Å². The van der Waals surface area contributed by atoms with Crippen molar-refractivity contribution in [3.05, 3.63) is 76.0 Å². The summed E-state index contributed by atoms with van der Waals surface area (Å²) >= 11 is 0. The molecule has 0 spiro atoms. The van der Waals surface area contributed by atoms with Crippen LogP contribution in [0.25, 0.3) is 11.1 Å². The fourth-order valence-electron chi connectivity index (χ4n) is 3.92. The lowest BCUT2D eigenvalue weighted by atomic mass is 9.99. The Morgan fingerprint density at radius 2 is 1.79 bits per heavy atom. The monoisotopic (exact) mass is 445 g/mol. The molecular weight excluding hydrogens is 414 g/mol. The van der Waals surface area contributed by atoms with Crippen LogP contribution in [0.15, 0.2) is 53.3 Å². The first-order valence-electron chi connectivity index (χ1n) is 11.6. The second-order valence-electron chi connectivity index (χ2n) is 8.17. The van der Waals surface area contributed by atoms with Crippen molar-refractivity contribution >= 4 is 5.97 Å². The van der Waals surface area contributed by atoms with E-state index in [2.05, 4.69) is 17.9 Å². The highest BCUT2D eigenvalue weighted by Gasteiger charge is 2.14. The van der Waals surface area contributed by atoms with Crippen LogP contribution in [-0.2, 0) is 19.5 Å². The molecule has 2 aromatic carbocycles. The summed E-state index contributed by atoms with van der Waals surface area (Å²) < 4.78 is 3.26. The van der Waals surface area contributed by atoms with Crippen molar-refractivity contribution in [2.45, 2.75) is 65.0 Å². The molecule has 0 unspecified atom stereocenters. The van der Waals surface area contributed by atoms with Crippen molar-refractivity contribution in [3.8, 4) is 23.5 Å². The number of aromatic nitrogens is 3. The maximum Gasteiger partial charge on any atom is 0.346 e. The minimum atomic E-state index is -0.957. The molecule has 0 saturated heterocycles. The normalized spacial score (nSPS) is 10.8. The first-order valence-corrected chi connectivity index (χ1v) is 11.6. The first-order chi connectivity index (χ1) is 16.0. The van der Waals surface area contributed by atoms with Crippen LogP contribution in [-0.4, -0.2) is 25.4 Å². The molecule has 0 atom stereocenters. The molecule has 0 bridgehead atoms. The van der Waals surface area contributed by atoms with E-state index in [0.29, 0.717) is 37.3 Å². The molecular formula is C27H31N3O3. The van der Waals surface area contributed by atoms with Crippen molar-refractivity contribution in [1.82, 2.24) is 14.3 Å². The van der Waals surface area contributed by atoms with Crippen molar-refractivity contribution < 1.29 is 9.90 Å². The van der Waals surface area contributed by atoms with Crippen LogP contribution in [0.4, 0.5) is 0 Å². The van der Waals surface area contributed by atoms with Gasteiger partial charge in [-0.1, -0.05) is 75.1 Å². The number of benzene rings is 2. The van der Waals surface area contributed by atoms with Crippen LogP contribution in [0.1, 0.15) is 67.2 Å². The zero-order valence-corrected chi connectivity index (χ0v) is 19.2. The number of carbonyl (C=O) groups is 1. The van der Waals surface area contributed by atoms with Gasteiger partial charge in [-0.25, -0.2) is 14.3 Å². The molecule has 0 aliphatic rings. The predicted octanol–water partition coefficient (Wildman–Crippen LogP) is 4.99. The van der Waals surface area contributed by atoms with Gasteiger partial charge in [0.05, 0.1) is 12.1 Å². The van der Waals surface area contributed by atoms with E-state index in [0.717, 1.165) is 24.0 Å². The lowest BCUT2D eigenvalue weighted by Gasteiger charge is -2.09. The van der Waals surface area contributed by atoms with E-state index in [1.54, 1.807) is 27.4 Å². The minimum absolute atomic E-state index is 0.113. The SMILES string of the molecule is C#CCCc1nn(CCCCCCC)c(=O)n1Cc1ccc(-c2ccccc2C(=O)O)cc1. The Labute approximate surface area is 194 Å². The summed E-state index contributed by atoms with van der Waals surface area (Å²) in [5.41, 5.74) is 2.58. The van der Waals surface area contributed by atoms with Crippen molar-refractivity contribution in [2.24, 2.45) is 0 Å². The molecule has 3 rings (SSSR count). The lowest BCUT2D eigenvalue weighted by molar-refractivity contribution is 0.0697. The van der Waals surface area contributed by atoms with Crippen LogP contribution < -0.4 is 5.69 Å². The Balaban J connectivity index is 1.80.